The van der Waals surface area contributed by atoms with E-state index in [1.807, 2.05) is 30.3 Å². The van der Waals surface area contributed by atoms with Gasteiger partial charge in [-0.25, -0.2) is 4.98 Å². The van der Waals surface area contributed by atoms with Crippen LogP contribution in [0.2, 0.25) is 0 Å². The zero-order valence-electron chi connectivity index (χ0n) is 13.0. The van der Waals surface area contributed by atoms with E-state index in [1.54, 1.807) is 23.6 Å². The van der Waals surface area contributed by atoms with Gasteiger partial charge in [0.25, 0.3) is 11.8 Å². The van der Waals surface area contributed by atoms with E-state index >= 15 is 0 Å². The molecule has 2 aromatic carbocycles. The number of rotatable bonds is 3. The summed E-state index contributed by atoms with van der Waals surface area (Å²) in [5, 5.41) is 8.01. The summed E-state index contributed by atoms with van der Waals surface area (Å²) in [6.45, 7) is -0.000206. The lowest BCUT2D eigenvalue weighted by Gasteiger charge is -2.18. The first-order valence-corrected chi connectivity index (χ1v) is 8.46. The van der Waals surface area contributed by atoms with E-state index in [4.69, 9.17) is 4.74 Å². The molecule has 0 saturated carbocycles. The van der Waals surface area contributed by atoms with Crippen molar-refractivity contribution in [2.45, 2.75) is 0 Å². The van der Waals surface area contributed by atoms with E-state index < -0.39 is 0 Å². The lowest BCUT2D eigenvalue weighted by atomic mass is 10.2. The summed E-state index contributed by atoms with van der Waals surface area (Å²) < 4.78 is 5.30. The fourth-order valence-electron chi connectivity index (χ4n) is 2.45. The van der Waals surface area contributed by atoms with Crippen LogP contribution in [0.5, 0.6) is 5.75 Å². The van der Waals surface area contributed by atoms with Crippen LogP contribution in [0.4, 0.5) is 11.4 Å². The first-order valence-electron chi connectivity index (χ1n) is 7.58. The number of aromatic nitrogens is 1. The molecule has 124 valence electrons. The van der Waals surface area contributed by atoms with Crippen LogP contribution in [-0.2, 0) is 4.79 Å². The highest BCUT2D eigenvalue weighted by Gasteiger charge is 2.17. The van der Waals surface area contributed by atoms with Gasteiger partial charge < -0.3 is 15.4 Å². The Morgan fingerprint density at radius 3 is 2.88 bits per heavy atom. The summed E-state index contributed by atoms with van der Waals surface area (Å²) in [5.41, 5.74) is 2.42. The number of hydrogen-bond acceptors (Lipinski definition) is 5. The summed E-state index contributed by atoms with van der Waals surface area (Å²) in [5.74, 6) is 0.0574. The number of anilines is 2. The van der Waals surface area contributed by atoms with Gasteiger partial charge in [-0.15, -0.1) is 11.3 Å². The number of benzene rings is 2. The van der Waals surface area contributed by atoms with Crippen molar-refractivity contribution in [3.05, 3.63) is 59.6 Å². The Morgan fingerprint density at radius 2 is 2.04 bits per heavy atom. The Bertz CT molecular complexity index is 953. The maximum absolute atomic E-state index is 12.4. The summed E-state index contributed by atoms with van der Waals surface area (Å²) in [4.78, 5) is 28.2. The first kappa shape index (κ1) is 15.3. The molecule has 0 unspecified atom stereocenters. The van der Waals surface area contributed by atoms with Gasteiger partial charge in [0.1, 0.15) is 16.5 Å². The molecule has 3 aromatic rings. The minimum Gasteiger partial charge on any atom is -0.482 e. The smallest absolute Gasteiger partial charge is 0.275 e. The summed E-state index contributed by atoms with van der Waals surface area (Å²) in [6.07, 6.45) is 0. The Kier molecular flexibility index (Phi) is 3.91. The van der Waals surface area contributed by atoms with Crippen molar-refractivity contribution >= 4 is 34.5 Å². The Labute approximate surface area is 147 Å². The highest BCUT2D eigenvalue weighted by Crippen LogP contribution is 2.31. The number of hydrogen-bond donors (Lipinski definition) is 2. The number of carbonyl (C=O) groups excluding carboxylic acids is 2. The predicted molar refractivity (Wildman–Crippen MR) is 96.1 cm³/mol. The Morgan fingerprint density at radius 1 is 1.20 bits per heavy atom. The zero-order valence-corrected chi connectivity index (χ0v) is 13.8. The van der Waals surface area contributed by atoms with Crippen molar-refractivity contribution in [1.82, 2.24) is 4.98 Å². The first-order chi connectivity index (χ1) is 12.2. The Hall–Kier alpha value is -3.19. The monoisotopic (exact) mass is 351 g/mol. The highest BCUT2D eigenvalue weighted by atomic mass is 32.1. The molecule has 0 atom stereocenters. The van der Waals surface area contributed by atoms with Crippen molar-refractivity contribution in [2.75, 3.05) is 17.2 Å². The molecule has 0 saturated heterocycles. The van der Waals surface area contributed by atoms with Crippen molar-refractivity contribution in [1.29, 1.82) is 0 Å². The van der Waals surface area contributed by atoms with E-state index in [0.29, 0.717) is 22.8 Å². The van der Waals surface area contributed by atoms with Gasteiger partial charge in [0.2, 0.25) is 0 Å². The van der Waals surface area contributed by atoms with E-state index in [1.165, 1.54) is 11.3 Å². The lowest BCUT2D eigenvalue weighted by molar-refractivity contribution is -0.118. The maximum Gasteiger partial charge on any atom is 0.275 e. The summed E-state index contributed by atoms with van der Waals surface area (Å²) >= 11 is 1.42. The van der Waals surface area contributed by atoms with Gasteiger partial charge in [0, 0.05) is 16.6 Å². The van der Waals surface area contributed by atoms with Crippen LogP contribution in [0.3, 0.4) is 0 Å². The number of fused-ring (bicyclic) bond motifs is 1. The number of nitrogens with one attached hydrogen (secondary N) is 2. The quantitative estimate of drug-likeness (QED) is 0.758. The van der Waals surface area contributed by atoms with E-state index in [2.05, 4.69) is 15.6 Å². The molecule has 0 bridgehead atoms. The molecule has 1 aromatic heterocycles. The van der Waals surface area contributed by atoms with Crippen molar-refractivity contribution in [3.63, 3.8) is 0 Å². The van der Waals surface area contributed by atoms with Crippen LogP contribution in [0.25, 0.3) is 10.6 Å². The van der Waals surface area contributed by atoms with Crippen LogP contribution >= 0.6 is 11.3 Å². The maximum atomic E-state index is 12.4. The third-order valence-electron chi connectivity index (χ3n) is 3.63. The van der Waals surface area contributed by atoms with Crippen LogP contribution in [0.1, 0.15) is 10.5 Å². The second-order valence-electron chi connectivity index (χ2n) is 5.41. The average molecular weight is 351 g/mol. The van der Waals surface area contributed by atoms with Gasteiger partial charge in [-0.2, -0.15) is 0 Å². The average Bonchev–Trinajstić information content (AvgIpc) is 3.12. The van der Waals surface area contributed by atoms with Gasteiger partial charge >= 0.3 is 0 Å². The van der Waals surface area contributed by atoms with Crippen LogP contribution < -0.4 is 15.4 Å². The third-order valence-corrected chi connectivity index (χ3v) is 4.52. The lowest BCUT2D eigenvalue weighted by Crippen LogP contribution is -2.25. The van der Waals surface area contributed by atoms with Crippen molar-refractivity contribution in [3.8, 4) is 16.3 Å². The van der Waals surface area contributed by atoms with Gasteiger partial charge in [0.15, 0.2) is 6.61 Å². The third kappa shape index (κ3) is 3.22. The minimum atomic E-state index is -0.304. The largest absolute Gasteiger partial charge is 0.482 e. The number of thiazole rings is 1. The van der Waals surface area contributed by atoms with Gasteiger partial charge in [-0.1, -0.05) is 30.3 Å². The van der Waals surface area contributed by atoms with Crippen LogP contribution in [0.15, 0.2) is 53.9 Å². The van der Waals surface area contributed by atoms with Gasteiger partial charge in [0.05, 0.1) is 5.69 Å². The zero-order chi connectivity index (χ0) is 17.2. The standard InChI is InChI=1S/C18H13N3O3S/c22-16-9-24-15-7-6-12(8-13(15)20-16)19-17(23)14-10-25-18(21-14)11-4-2-1-3-5-11/h1-8,10H,9H2,(H,19,23)(H,20,22). The second kappa shape index (κ2) is 6.37. The molecule has 4 rings (SSSR count). The highest BCUT2D eigenvalue weighted by molar-refractivity contribution is 7.13. The van der Waals surface area contributed by atoms with Crippen LogP contribution in [-0.4, -0.2) is 23.4 Å². The summed E-state index contributed by atoms with van der Waals surface area (Å²) in [7, 11) is 0. The van der Waals surface area contributed by atoms with Crippen molar-refractivity contribution < 1.29 is 14.3 Å². The van der Waals surface area contributed by atoms with Gasteiger partial charge in [-0.05, 0) is 18.2 Å². The topological polar surface area (TPSA) is 80.3 Å². The minimum absolute atomic E-state index is 0.000206. The number of nitrogens with zero attached hydrogens (tertiary/aromatic N) is 1. The molecule has 2 N–H and O–H groups in total. The second-order valence-corrected chi connectivity index (χ2v) is 6.26. The predicted octanol–water partition coefficient (Wildman–Crippen LogP) is 3.39. The van der Waals surface area contributed by atoms with Gasteiger partial charge in [-0.3, -0.25) is 9.59 Å². The molecular formula is C18H13N3O3S. The molecule has 2 amide bonds. The molecule has 2 heterocycles. The fraction of sp³-hybridized carbons (Fsp3) is 0.0556. The number of carbonyl (C=O) groups is 2. The van der Waals surface area contributed by atoms with E-state index in [9.17, 15) is 9.59 Å². The van der Waals surface area contributed by atoms with E-state index in [0.717, 1.165) is 10.6 Å². The molecule has 6 nitrogen and oxygen atoms in total. The fourth-order valence-corrected chi connectivity index (χ4v) is 3.25. The van der Waals surface area contributed by atoms with Crippen molar-refractivity contribution in [2.24, 2.45) is 0 Å². The molecule has 0 aliphatic carbocycles. The number of amides is 2. The SMILES string of the molecule is O=C1COc2ccc(NC(=O)c3csc(-c4ccccc4)n3)cc2N1. The molecule has 0 fully saturated rings. The number of ether oxygens (including phenoxy) is 1. The molecule has 0 radical (unpaired) electrons. The molecule has 7 heteroatoms. The molecule has 1 aliphatic heterocycles. The molecule has 1 aliphatic rings. The van der Waals surface area contributed by atoms with E-state index in [-0.39, 0.29) is 18.4 Å². The van der Waals surface area contributed by atoms with Crippen LogP contribution in [0, 0.1) is 0 Å². The summed E-state index contributed by atoms with van der Waals surface area (Å²) in [6, 6.07) is 14.8. The molecular weight excluding hydrogens is 338 g/mol. The molecule has 25 heavy (non-hydrogen) atoms. The molecule has 0 spiro atoms. The normalized spacial score (nSPS) is 12.7. The Balaban J connectivity index is 1.52.